The summed E-state index contributed by atoms with van der Waals surface area (Å²) in [7, 11) is 0. The number of ether oxygens (including phenoxy) is 1. The Bertz CT molecular complexity index is 456. The number of carbonyl (C=O) groups excluding carboxylic acids is 1. The molecule has 0 radical (unpaired) electrons. The molecule has 5 nitrogen and oxygen atoms in total. The van der Waals surface area contributed by atoms with Gasteiger partial charge in [-0.2, -0.15) is 0 Å². The highest BCUT2D eigenvalue weighted by molar-refractivity contribution is 5.77. The van der Waals surface area contributed by atoms with Gasteiger partial charge in [0.1, 0.15) is 17.8 Å². The van der Waals surface area contributed by atoms with Crippen LogP contribution in [-0.2, 0) is 9.53 Å². The van der Waals surface area contributed by atoms with Crippen molar-refractivity contribution in [2.24, 2.45) is 0 Å². The molecule has 1 aromatic rings. The summed E-state index contributed by atoms with van der Waals surface area (Å²) in [6.45, 7) is 5.49. The highest BCUT2D eigenvalue weighted by atomic mass is 16.6. The van der Waals surface area contributed by atoms with Gasteiger partial charge in [0.15, 0.2) is 0 Å². The molecule has 3 atom stereocenters. The first kappa shape index (κ1) is 14.8. The summed E-state index contributed by atoms with van der Waals surface area (Å²) >= 11 is 0. The molecule has 0 spiro atoms. The summed E-state index contributed by atoms with van der Waals surface area (Å²) in [6.07, 6.45) is -0.637. The van der Waals surface area contributed by atoms with E-state index in [9.17, 15) is 9.90 Å². The Morgan fingerprint density at radius 2 is 2.00 bits per heavy atom. The molecule has 3 N–H and O–H groups in total. The Morgan fingerprint density at radius 3 is 2.60 bits per heavy atom. The smallest absolute Gasteiger partial charge is 0.323 e. The molecule has 1 aliphatic heterocycles. The topological polar surface area (TPSA) is 70.6 Å². The molecular formula is C15H22N2O3. The van der Waals surface area contributed by atoms with E-state index in [1.54, 1.807) is 0 Å². The highest BCUT2D eigenvalue weighted by Gasteiger charge is 2.38. The summed E-state index contributed by atoms with van der Waals surface area (Å²) in [5.74, 6) is -0.325. The van der Waals surface area contributed by atoms with Crippen LogP contribution in [0.15, 0.2) is 30.3 Å². The van der Waals surface area contributed by atoms with E-state index in [1.807, 2.05) is 51.1 Å². The first-order valence-electron chi connectivity index (χ1n) is 6.84. The lowest BCUT2D eigenvalue weighted by Crippen LogP contribution is -2.44. The number of carbonyl (C=O) groups is 1. The number of hydrogen-bond acceptors (Lipinski definition) is 5. The van der Waals surface area contributed by atoms with Crippen LogP contribution in [0.1, 0.15) is 27.2 Å². The first-order chi connectivity index (χ1) is 9.35. The van der Waals surface area contributed by atoms with E-state index in [0.29, 0.717) is 6.42 Å². The predicted octanol–water partition coefficient (Wildman–Crippen LogP) is 1.49. The monoisotopic (exact) mass is 278 g/mol. The third kappa shape index (κ3) is 3.95. The van der Waals surface area contributed by atoms with E-state index in [4.69, 9.17) is 4.74 Å². The fraction of sp³-hybridized carbons (Fsp3) is 0.533. The molecule has 0 aromatic heterocycles. The zero-order valence-corrected chi connectivity index (χ0v) is 12.1. The molecule has 0 aliphatic carbocycles. The van der Waals surface area contributed by atoms with Crippen LogP contribution in [0, 0.1) is 0 Å². The first-order valence-corrected chi connectivity index (χ1v) is 6.84. The lowest BCUT2D eigenvalue weighted by Gasteiger charge is -2.22. The maximum Gasteiger partial charge on any atom is 0.323 e. The van der Waals surface area contributed by atoms with Crippen molar-refractivity contribution >= 4 is 11.7 Å². The van der Waals surface area contributed by atoms with E-state index in [2.05, 4.69) is 10.6 Å². The molecule has 5 heteroatoms. The second-order valence-corrected chi connectivity index (χ2v) is 6.04. The summed E-state index contributed by atoms with van der Waals surface area (Å²) in [5.41, 5.74) is 0.378. The Labute approximate surface area is 119 Å². The van der Waals surface area contributed by atoms with Gasteiger partial charge in [0.05, 0.1) is 6.10 Å². The molecule has 1 aliphatic rings. The molecule has 0 amide bonds. The minimum atomic E-state index is -0.632. The average Bonchev–Trinajstić information content (AvgIpc) is 2.70. The maximum atomic E-state index is 12.0. The third-order valence-electron chi connectivity index (χ3n) is 3.03. The van der Waals surface area contributed by atoms with Crippen molar-refractivity contribution in [2.45, 2.75) is 51.1 Å². The third-order valence-corrected chi connectivity index (χ3v) is 3.03. The van der Waals surface area contributed by atoms with Gasteiger partial charge in [-0.15, -0.1) is 0 Å². The summed E-state index contributed by atoms with van der Waals surface area (Å²) in [4.78, 5) is 12.0. The summed E-state index contributed by atoms with van der Waals surface area (Å²) in [5, 5.41) is 16.3. The lowest BCUT2D eigenvalue weighted by atomic mass is 10.1. The van der Waals surface area contributed by atoms with Gasteiger partial charge in [0.25, 0.3) is 0 Å². The normalized spacial score (nSPS) is 26.3. The number of hydrogen-bond donors (Lipinski definition) is 3. The minimum absolute atomic E-state index is 0.325. The average molecular weight is 278 g/mol. The van der Waals surface area contributed by atoms with Crippen LogP contribution in [0.4, 0.5) is 5.69 Å². The van der Waals surface area contributed by atoms with Crippen molar-refractivity contribution in [3.8, 4) is 0 Å². The van der Waals surface area contributed by atoms with Crippen molar-refractivity contribution in [2.75, 3.05) is 5.32 Å². The fourth-order valence-corrected chi connectivity index (χ4v) is 2.16. The van der Waals surface area contributed by atoms with Crippen molar-refractivity contribution in [3.63, 3.8) is 0 Å². The number of anilines is 1. The molecule has 1 aromatic carbocycles. The Kier molecular flexibility index (Phi) is 4.30. The molecule has 0 bridgehead atoms. The van der Waals surface area contributed by atoms with Gasteiger partial charge in [-0.3, -0.25) is 10.1 Å². The predicted molar refractivity (Wildman–Crippen MR) is 77.2 cm³/mol. The summed E-state index contributed by atoms with van der Waals surface area (Å²) in [6, 6.07) is 9.09. The molecule has 2 rings (SSSR count). The molecule has 1 fully saturated rings. The van der Waals surface area contributed by atoms with Crippen molar-refractivity contribution in [1.29, 1.82) is 0 Å². The van der Waals surface area contributed by atoms with Crippen LogP contribution in [0.5, 0.6) is 0 Å². The lowest BCUT2D eigenvalue weighted by molar-refractivity contribution is -0.157. The van der Waals surface area contributed by atoms with Crippen molar-refractivity contribution < 1.29 is 14.6 Å². The van der Waals surface area contributed by atoms with E-state index >= 15 is 0 Å². The van der Waals surface area contributed by atoms with Gasteiger partial charge in [-0.25, -0.2) is 0 Å². The Morgan fingerprint density at radius 1 is 1.35 bits per heavy atom. The largest absolute Gasteiger partial charge is 0.459 e. The highest BCUT2D eigenvalue weighted by Crippen LogP contribution is 2.19. The maximum absolute atomic E-state index is 12.0. The number of benzene rings is 1. The summed E-state index contributed by atoms with van der Waals surface area (Å²) < 4.78 is 5.33. The Balaban J connectivity index is 1.94. The number of esters is 1. The quantitative estimate of drug-likeness (QED) is 0.731. The van der Waals surface area contributed by atoms with E-state index < -0.39 is 17.7 Å². The van der Waals surface area contributed by atoms with Crippen molar-refractivity contribution in [3.05, 3.63) is 30.3 Å². The Hall–Kier alpha value is -1.59. The van der Waals surface area contributed by atoms with Gasteiger partial charge in [0, 0.05) is 12.1 Å². The van der Waals surface area contributed by atoms with Crippen LogP contribution in [0.25, 0.3) is 0 Å². The molecular weight excluding hydrogens is 256 g/mol. The number of nitrogens with one attached hydrogen (secondary N) is 2. The minimum Gasteiger partial charge on any atom is -0.459 e. The van der Waals surface area contributed by atoms with E-state index in [-0.39, 0.29) is 12.1 Å². The van der Waals surface area contributed by atoms with Gasteiger partial charge in [0.2, 0.25) is 0 Å². The second kappa shape index (κ2) is 5.81. The molecule has 1 heterocycles. The van der Waals surface area contributed by atoms with E-state index in [0.717, 1.165) is 5.69 Å². The molecule has 3 unspecified atom stereocenters. The van der Waals surface area contributed by atoms with Crippen LogP contribution in [0.2, 0.25) is 0 Å². The number of rotatable bonds is 3. The van der Waals surface area contributed by atoms with Crippen LogP contribution in [-0.4, -0.2) is 35.0 Å². The van der Waals surface area contributed by atoms with Crippen LogP contribution in [0.3, 0.4) is 0 Å². The van der Waals surface area contributed by atoms with Gasteiger partial charge in [-0.05, 0) is 32.9 Å². The fourth-order valence-electron chi connectivity index (χ4n) is 2.16. The standard InChI is InChI=1S/C15H22N2O3/c1-15(2,3)20-14(19)11-9-12(18)13(17-11)16-10-7-5-4-6-8-10/h4-8,11-13,16-18H,9H2,1-3H3. The zero-order chi connectivity index (χ0) is 14.8. The van der Waals surface area contributed by atoms with Crippen LogP contribution < -0.4 is 10.6 Å². The van der Waals surface area contributed by atoms with Gasteiger partial charge in [-0.1, -0.05) is 18.2 Å². The number of aliphatic hydroxyl groups excluding tert-OH is 1. The number of aliphatic hydroxyl groups is 1. The molecule has 20 heavy (non-hydrogen) atoms. The van der Waals surface area contributed by atoms with Gasteiger partial charge < -0.3 is 15.2 Å². The van der Waals surface area contributed by atoms with Crippen molar-refractivity contribution in [1.82, 2.24) is 5.32 Å². The van der Waals surface area contributed by atoms with Crippen LogP contribution >= 0.6 is 0 Å². The molecule has 0 saturated carbocycles. The number of para-hydroxylation sites is 1. The van der Waals surface area contributed by atoms with Gasteiger partial charge >= 0.3 is 5.97 Å². The molecule has 1 saturated heterocycles. The molecule has 110 valence electrons. The SMILES string of the molecule is CC(C)(C)OC(=O)C1CC(O)C(Nc2ccccc2)N1. The zero-order valence-electron chi connectivity index (χ0n) is 12.1. The second-order valence-electron chi connectivity index (χ2n) is 6.04. The van der Waals surface area contributed by atoms with E-state index in [1.165, 1.54) is 0 Å².